The molecule has 0 unspecified atom stereocenters. The lowest BCUT2D eigenvalue weighted by atomic mass is 9.93. The minimum atomic E-state index is 0.550. The third-order valence-electron chi connectivity index (χ3n) is 3.41. The standard InChI is InChI=1S/C14H22N2/c1-10(2)12-7-8-15-14-13(12)6-5-9-16(14)11(3)4/h7-8,10-11H,5-6,9H2,1-4H3. The summed E-state index contributed by atoms with van der Waals surface area (Å²) in [5.41, 5.74) is 2.97. The minimum absolute atomic E-state index is 0.550. The fraction of sp³-hybridized carbons (Fsp3) is 0.643. The number of anilines is 1. The molecule has 0 bridgehead atoms. The summed E-state index contributed by atoms with van der Waals surface area (Å²) in [4.78, 5) is 7.03. The first kappa shape index (κ1) is 11.4. The molecule has 2 nitrogen and oxygen atoms in total. The molecule has 16 heavy (non-hydrogen) atoms. The number of hydrogen-bond acceptors (Lipinski definition) is 2. The van der Waals surface area contributed by atoms with Gasteiger partial charge < -0.3 is 4.90 Å². The van der Waals surface area contributed by atoms with Gasteiger partial charge >= 0.3 is 0 Å². The van der Waals surface area contributed by atoms with Crippen molar-refractivity contribution in [3.8, 4) is 0 Å². The average molecular weight is 218 g/mol. The van der Waals surface area contributed by atoms with Crippen LogP contribution in [0.5, 0.6) is 0 Å². The van der Waals surface area contributed by atoms with Crippen LogP contribution in [-0.4, -0.2) is 17.6 Å². The van der Waals surface area contributed by atoms with E-state index in [0.717, 1.165) is 6.54 Å². The van der Waals surface area contributed by atoms with E-state index in [4.69, 9.17) is 0 Å². The van der Waals surface area contributed by atoms with Crippen LogP contribution in [0.3, 0.4) is 0 Å². The van der Waals surface area contributed by atoms with E-state index in [0.29, 0.717) is 12.0 Å². The highest BCUT2D eigenvalue weighted by atomic mass is 15.2. The van der Waals surface area contributed by atoms with Gasteiger partial charge in [-0.3, -0.25) is 0 Å². The van der Waals surface area contributed by atoms with E-state index in [9.17, 15) is 0 Å². The summed E-state index contributed by atoms with van der Waals surface area (Å²) in [7, 11) is 0. The summed E-state index contributed by atoms with van der Waals surface area (Å²) >= 11 is 0. The van der Waals surface area contributed by atoms with Gasteiger partial charge in [0.1, 0.15) is 5.82 Å². The third kappa shape index (κ3) is 1.93. The van der Waals surface area contributed by atoms with E-state index in [2.05, 4.69) is 43.6 Å². The van der Waals surface area contributed by atoms with Crippen LogP contribution < -0.4 is 4.90 Å². The number of fused-ring (bicyclic) bond motifs is 1. The summed E-state index contributed by atoms with van der Waals surface area (Å²) in [6.07, 6.45) is 4.42. The van der Waals surface area contributed by atoms with Crippen LogP contribution in [0, 0.1) is 0 Å². The van der Waals surface area contributed by atoms with Gasteiger partial charge in [-0.2, -0.15) is 0 Å². The van der Waals surface area contributed by atoms with Crippen molar-refractivity contribution >= 4 is 5.82 Å². The van der Waals surface area contributed by atoms with Crippen molar-refractivity contribution in [3.05, 3.63) is 23.4 Å². The molecule has 0 aliphatic carbocycles. The molecule has 0 aromatic carbocycles. The highest BCUT2D eigenvalue weighted by Gasteiger charge is 2.23. The maximum Gasteiger partial charge on any atom is 0.132 e. The Balaban J connectivity index is 2.46. The largest absolute Gasteiger partial charge is 0.354 e. The highest BCUT2D eigenvalue weighted by molar-refractivity contribution is 5.54. The van der Waals surface area contributed by atoms with E-state index >= 15 is 0 Å². The van der Waals surface area contributed by atoms with Gasteiger partial charge in [-0.05, 0) is 49.8 Å². The van der Waals surface area contributed by atoms with Gasteiger partial charge in [-0.15, -0.1) is 0 Å². The van der Waals surface area contributed by atoms with Crippen LogP contribution >= 0.6 is 0 Å². The first-order valence-corrected chi connectivity index (χ1v) is 6.35. The molecule has 0 radical (unpaired) electrons. The van der Waals surface area contributed by atoms with Gasteiger partial charge in [0.2, 0.25) is 0 Å². The van der Waals surface area contributed by atoms with E-state index in [-0.39, 0.29) is 0 Å². The number of hydrogen-bond donors (Lipinski definition) is 0. The topological polar surface area (TPSA) is 16.1 Å². The molecule has 0 saturated carbocycles. The number of aromatic nitrogens is 1. The number of pyridine rings is 1. The third-order valence-corrected chi connectivity index (χ3v) is 3.41. The van der Waals surface area contributed by atoms with Crippen LogP contribution in [0.4, 0.5) is 5.82 Å². The maximum atomic E-state index is 4.59. The predicted octanol–water partition coefficient (Wildman–Crippen LogP) is 3.37. The summed E-state index contributed by atoms with van der Waals surface area (Å²) in [6, 6.07) is 2.74. The Morgan fingerprint density at radius 3 is 2.62 bits per heavy atom. The van der Waals surface area contributed by atoms with Crippen molar-refractivity contribution in [3.63, 3.8) is 0 Å². The van der Waals surface area contributed by atoms with Crippen LogP contribution in [0.25, 0.3) is 0 Å². The fourth-order valence-corrected chi connectivity index (χ4v) is 2.58. The van der Waals surface area contributed by atoms with Crippen LogP contribution in [0.2, 0.25) is 0 Å². The van der Waals surface area contributed by atoms with Crippen molar-refractivity contribution in [1.82, 2.24) is 4.98 Å². The SMILES string of the molecule is CC(C)c1ccnc2c1CCCN2C(C)C. The molecular weight excluding hydrogens is 196 g/mol. The Kier molecular flexibility index (Phi) is 3.17. The molecule has 1 aromatic rings. The molecule has 0 saturated heterocycles. The fourth-order valence-electron chi connectivity index (χ4n) is 2.58. The lowest BCUT2D eigenvalue weighted by Crippen LogP contribution is -2.36. The van der Waals surface area contributed by atoms with Crippen LogP contribution in [0.1, 0.15) is 51.2 Å². The molecule has 88 valence electrons. The van der Waals surface area contributed by atoms with E-state index in [1.54, 1.807) is 0 Å². The Morgan fingerprint density at radius 2 is 2.00 bits per heavy atom. The molecule has 0 amide bonds. The molecule has 2 heterocycles. The number of rotatable bonds is 2. The smallest absolute Gasteiger partial charge is 0.132 e. The molecule has 1 aromatic heterocycles. The summed E-state index contributed by atoms with van der Waals surface area (Å²) in [6.45, 7) is 10.2. The zero-order chi connectivity index (χ0) is 11.7. The van der Waals surface area contributed by atoms with Gasteiger partial charge in [0.25, 0.3) is 0 Å². The van der Waals surface area contributed by atoms with Crippen molar-refractivity contribution in [2.45, 2.75) is 52.5 Å². The van der Waals surface area contributed by atoms with E-state index in [1.807, 2.05) is 6.20 Å². The second kappa shape index (κ2) is 4.44. The Labute approximate surface area is 98.7 Å². The van der Waals surface area contributed by atoms with Crippen LogP contribution in [-0.2, 0) is 6.42 Å². The number of nitrogens with zero attached hydrogens (tertiary/aromatic N) is 2. The molecule has 1 aliphatic rings. The highest BCUT2D eigenvalue weighted by Crippen LogP contribution is 2.32. The zero-order valence-corrected chi connectivity index (χ0v) is 10.8. The second-order valence-corrected chi connectivity index (χ2v) is 5.25. The maximum absolute atomic E-state index is 4.59. The molecule has 0 N–H and O–H groups in total. The average Bonchev–Trinajstić information content (AvgIpc) is 2.27. The monoisotopic (exact) mass is 218 g/mol. The molecule has 2 heteroatoms. The Bertz CT molecular complexity index is 369. The molecule has 0 atom stereocenters. The molecular formula is C14H22N2. The van der Waals surface area contributed by atoms with E-state index < -0.39 is 0 Å². The zero-order valence-electron chi connectivity index (χ0n) is 10.8. The molecule has 2 rings (SSSR count). The van der Waals surface area contributed by atoms with Crippen LogP contribution in [0.15, 0.2) is 12.3 Å². The second-order valence-electron chi connectivity index (χ2n) is 5.25. The van der Waals surface area contributed by atoms with Gasteiger partial charge in [-0.1, -0.05) is 13.8 Å². The van der Waals surface area contributed by atoms with Crippen molar-refractivity contribution in [2.75, 3.05) is 11.4 Å². The first-order valence-electron chi connectivity index (χ1n) is 6.35. The summed E-state index contributed by atoms with van der Waals surface area (Å²) in [5, 5.41) is 0. The minimum Gasteiger partial charge on any atom is -0.354 e. The van der Waals surface area contributed by atoms with Crippen molar-refractivity contribution < 1.29 is 0 Å². The Morgan fingerprint density at radius 1 is 1.25 bits per heavy atom. The molecule has 0 spiro atoms. The Hall–Kier alpha value is -1.05. The van der Waals surface area contributed by atoms with Gasteiger partial charge in [0.05, 0.1) is 0 Å². The summed E-state index contributed by atoms with van der Waals surface area (Å²) < 4.78 is 0. The van der Waals surface area contributed by atoms with Gasteiger partial charge in [0.15, 0.2) is 0 Å². The molecule has 1 aliphatic heterocycles. The molecule has 0 fully saturated rings. The van der Waals surface area contributed by atoms with Gasteiger partial charge in [0, 0.05) is 18.8 Å². The van der Waals surface area contributed by atoms with E-state index in [1.165, 1.54) is 29.8 Å². The summed E-state index contributed by atoms with van der Waals surface area (Å²) in [5.74, 6) is 1.83. The van der Waals surface area contributed by atoms with Crippen molar-refractivity contribution in [1.29, 1.82) is 0 Å². The lowest BCUT2D eigenvalue weighted by Gasteiger charge is -2.34. The first-order chi connectivity index (χ1) is 7.61. The van der Waals surface area contributed by atoms with Crippen molar-refractivity contribution in [2.24, 2.45) is 0 Å². The predicted molar refractivity (Wildman–Crippen MR) is 69.1 cm³/mol. The quantitative estimate of drug-likeness (QED) is 0.756. The van der Waals surface area contributed by atoms with Gasteiger partial charge in [-0.25, -0.2) is 4.98 Å². The lowest BCUT2D eigenvalue weighted by molar-refractivity contribution is 0.609. The normalized spacial score (nSPS) is 15.8.